The van der Waals surface area contributed by atoms with Gasteiger partial charge in [-0.05, 0) is 6.42 Å². The maximum Gasteiger partial charge on any atom is 1.00 e. The molecular formula is C4H8BrNaO2. The molecule has 2 nitrogen and oxygen atoms in total. The van der Waals surface area contributed by atoms with E-state index in [9.17, 15) is 4.79 Å². The van der Waals surface area contributed by atoms with Crippen molar-refractivity contribution in [3.05, 3.63) is 0 Å². The van der Waals surface area contributed by atoms with Crippen LogP contribution in [0.2, 0.25) is 0 Å². The average Bonchev–Trinajstić information content (AvgIpc) is 1.65. The average molecular weight is 191 g/mol. The number of hydrogen-bond acceptors (Lipinski definition) is 1. The summed E-state index contributed by atoms with van der Waals surface area (Å²) in [6.45, 7) is 1.81. The molecule has 0 fully saturated rings. The molecule has 0 aromatic heterocycles. The number of hydrogen-bond donors (Lipinski definition) is 1. The third kappa shape index (κ3) is 5.09. The third-order valence-corrected chi connectivity index (χ3v) is 1.67. The van der Waals surface area contributed by atoms with Gasteiger partial charge in [-0.15, -0.1) is 0 Å². The fourth-order valence-corrected chi connectivity index (χ4v) is 0.175. The van der Waals surface area contributed by atoms with Crippen LogP contribution < -0.4 is 29.6 Å². The first-order chi connectivity index (χ1) is 3.18. The number of halogens is 1. The van der Waals surface area contributed by atoms with E-state index in [-0.39, 0.29) is 35.8 Å². The Balaban J connectivity index is -0.000000180. The molecule has 0 heterocycles. The first-order valence-corrected chi connectivity index (χ1v) is 2.97. The molecule has 0 aliphatic rings. The molecule has 0 aromatic carbocycles. The van der Waals surface area contributed by atoms with Crippen molar-refractivity contribution in [1.82, 2.24) is 0 Å². The van der Waals surface area contributed by atoms with E-state index in [1.165, 1.54) is 0 Å². The molecule has 44 valence electrons. The zero-order chi connectivity index (χ0) is 5.86. The molecule has 0 bridgehead atoms. The smallest absolute Gasteiger partial charge is 1.00 e. The van der Waals surface area contributed by atoms with Gasteiger partial charge in [-0.3, -0.25) is 4.79 Å². The van der Waals surface area contributed by atoms with E-state index in [2.05, 4.69) is 15.9 Å². The summed E-state index contributed by atoms with van der Waals surface area (Å²) in [6, 6.07) is 0. The van der Waals surface area contributed by atoms with Gasteiger partial charge in [0.05, 0.1) is 0 Å². The fraction of sp³-hybridized carbons (Fsp3) is 0.750. The molecule has 0 aliphatic carbocycles. The normalized spacial score (nSPS) is 11.8. The van der Waals surface area contributed by atoms with Crippen molar-refractivity contribution in [3.8, 4) is 0 Å². The van der Waals surface area contributed by atoms with Gasteiger partial charge in [0.2, 0.25) is 0 Å². The summed E-state index contributed by atoms with van der Waals surface area (Å²) in [5.41, 5.74) is 0. The molecule has 0 aliphatic heterocycles. The number of carbonyl (C=O) groups is 1. The minimum atomic E-state index is -0.789. The van der Waals surface area contributed by atoms with Crippen LogP contribution >= 0.6 is 15.9 Å². The fourth-order valence-electron chi connectivity index (χ4n) is 0.175. The van der Waals surface area contributed by atoms with Crippen molar-refractivity contribution in [2.75, 3.05) is 0 Å². The van der Waals surface area contributed by atoms with Gasteiger partial charge in [0.15, 0.2) is 0 Å². The van der Waals surface area contributed by atoms with E-state index >= 15 is 0 Å². The van der Waals surface area contributed by atoms with Crippen LogP contribution in [0.5, 0.6) is 0 Å². The quantitative estimate of drug-likeness (QED) is 0.420. The van der Waals surface area contributed by atoms with Gasteiger partial charge in [0.25, 0.3) is 0 Å². The monoisotopic (exact) mass is 190 g/mol. The van der Waals surface area contributed by atoms with E-state index in [4.69, 9.17) is 5.11 Å². The van der Waals surface area contributed by atoms with E-state index < -0.39 is 5.97 Å². The standard InChI is InChI=1S/C4H7BrO2.Na.H/c1-2-3(5)4(6)7;;/h3H,2H2,1H3,(H,6,7);;/q;+1;-1. The second-order valence-corrected chi connectivity index (χ2v) is 2.32. The van der Waals surface area contributed by atoms with Crippen LogP contribution in [0.4, 0.5) is 0 Å². The second kappa shape index (κ2) is 6.08. The Kier molecular flexibility index (Phi) is 8.89. The van der Waals surface area contributed by atoms with E-state index in [0.29, 0.717) is 6.42 Å². The zero-order valence-electron chi connectivity index (χ0n) is 6.02. The molecule has 1 unspecified atom stereocenters. The summed E-state index contributed by atoms with van der Waals surface area (Å²) in [7, 11) is 0. The maximum atomic E-state index is 9.88. The SMILES string of the molecule is CCC(Br)C(=O)O.[H-].[Na+]. The minimum absolute atomic E-state index is 0. The summed E-state index contributed by atoms with van der Waals surface area (Å²) < 4.78 is 0. The number of alkyl halides is 1. The van der Waals surface area contributed by atoms with Crippen LogP contribution in [0, 0.1) is 0 Å². The summed E-state index contributed by atoms with van der Waals surface area (Å²) in [6.07, 6.45) is 0.634. The molecule has 1 atom stereocenters. The predicted molar refractivity (Wildman–Crippen MR) is 31.8 cm³/mol. The predicted octanol–water partition coefficient (Wildman–Crippen LogP) is -1.64. The molecule has 0 amide bonds. The number of carboxylic acid groups (broad SMARTS) is 1. The molecule has 8 heavy (non-hydrogen) atoms. The third-order valence-electron chi connectivity index (χ3n) is 0.626. The Morgan fingerprint density at radius 2 is 2.38 bits per heavy atom. The van der Waals surface area contributed by atoms with Crippen molar-refractivity contribution in [1.29, 1.82) is 0 Å². The molecule has 0 spiro atoms. The Hall–Kier alpha value is 0.950. The molecule has 0 saturated carbocycles. The van der Waals surface area contributed by atoms with E-state index in [1.54, 1.807) is 0 Å². The van der Waals surface area contributed by atoms with E-state index in [0.717, 1.165) is 0 Å². The first-order valence-electron chi connectivity index (χ1n) is 2.05. The number of carboxylic acids is 1. The number of aliphatic carboxylic acids is 1. The van der Waals surface area contributed by atoms with Gasteiger partial charge >= 0.3 is 35.5 Å². The van der Waals surface area contributed by atoms with Gasteiger partial charge in [-0.25, -0.2) is 0 Å². The molecular weight excluding hydrogens is 183 g/mol. The van der Waals surface area contributed by atoms with Crippen molar-refractivity contribution in [3.63, 3.8) is 0 Å². The van der Waals surface area contributed by atoms with Crippen molar-refractivity contribution < 1.29 is 40.9 Å². The van der Waals surface area contributed by atoms with Crippen LogP contribution in [0.15, 0.2) is 0 Å². The van der Waals surface area contributed by atoms with Gasteiger partial charge in [0.1, 0.15) is 4.83 Å². The van der Waals surface area contributed by atoms with E-state index in [1.807, 2.05) is 6.92 Å². The zero-order valence-corrected chi connectivity index (χ0v) is 8.60. The summed E-state index contributed by atoms with van der Waals surface area (Å²) >= 11 is 2.94. The van der Waals surface area contributed by atoms with Gasteiger partial charge in [0, 0.05) is 0 Å². The van der Waals surface area contributed by atoms with Crippen LogP contribution in [0.3, 0.4) is 0 Å². The maximum absolute atomic E-state index is 9.88. The van der Waals surface area contributed by atoms with Crippen molar-refractivity contribution in [2.45, 2.75) is 18.2 Å². The first kappa shape index (κ1) is 11.7. The molecule has 0 radical (unpaired) electrons. The van der Waals surface area contributed by atoms with Gasteiger partial charge < -0.3 is 6.53 Å². The number of rotatable bonds is 2. The van der Waals surface area contributed by atoms with Crippen molar-refractivity contribution >= 4 is 21.9 Å². The Labute approximate surface area is 80.6 Å². The second-order valence-electron chi connectivity index (χ2n) is 1.21. The van der Waals surface area contributed by atoms with Gasteiger partial charge in [-0.2, -0.15) is 0 Å². The Morgan fingerprint density at radius 3 is 2.38 bits per heavy atom. The van der Waals surface area contributed by atoms with Crippen LogP contribution in [-0.2, 0) is 4.79 Å². The summed E-state index contributed by atoms with van der Waals surface area (Å²) in [4.78, 5) is 9.52. The molecule has 0 saturated heterocycles. The molecule has 4 heteroatoms. The Morgan fingerprint density at radius 1 is 2.00 bits per heavy atom. The van der Waals surface area contributed by atoms with Crippen LogP contribution in [0.1, 0.15) is 14.8 Å². The Bertz CT molecular complexity index is 81.0. The molecule has 1 N–H and O–H groups in total. The topological polar surface area (TPSA) is 37.3 Å². The summed E-state index contributed by atoms with van der Waals surface area (Å²) in [5.74, 6) is -0.789. The van der Waals surface area contributed by atoms with Crippen LogP contribution in [0.25, 0.3) is 0 Å². The molecule has 0 rings (SSSR count). The summed E-state index contributed by atoms with van der Waals surface area (Å²) in [5, 5.41) is 8.14. The largest absolute Gasteiger partial charge is 1.00 e. The van der Waals surface area contributed by atoms with Crippen molar-refractivity contribution in [2.24, 2.45) is 0 Å². The molecule has 0 aromatic rings. The minimum Gasteiger partial charge on any atom is -1.00 e. The van der Waals surface area contributed by atoms with Gasteiger partial charge in [-0.1, -0.05) is 22.9 Å². The van der Waals surface area contributed by atoms with Crippen LogP contribution in [-0.4, -0.2) is 15.9 Å².